The average Bonchev–Trinajstić information content (AvgIpc) is 3.00. The molecule has 0 fully saturated rings. The highest BCUT2D eigenvalue weighted by Gasteiger charge is 2.20. The molecule has 29 heavy (non-hydrogen) atoms. The van der Waals surface area contributed by atoms with Crippen LogP contribution in [0, 0.1) is 6.92 Å². The predicted octanol–water partition coefficient (Wildman–Crippen LogP) is 6.85. The van der Waals surface area contributed by atoms with E-state index in [0.717, 1.165) is 26.2 Å². The van der Waals surface area contributed by atoms with Crippen molar-refractivity contribution >= 4 is 49.9 Å². The quantitative estimate of drug-likeness (QED) is 0.423. The minimum absolute atomic E-state index is 0.0837. The number of aromatic nitrogens is 1. The van der Waals surface area contributed by atoms with Crippen molar-refractivity contribution in [1.82, 2.24) is 4.98 Å². The maximum Gasteiger partial charge on any atom is 0.264 e. The number of benzene rings is 2. The Morgan fingerprint density at radius 1 is 1.21 bits per heavy atom. The van der Waals surface area contributed by atoms with Gasteiger partial charge in [-0.25, -0.2) is 4.98 Å². The van der Waals surface area contributed by atoms with Crippen LogP contribution in [0.2, 0.25) is 5.02 Å². The van der Waals surface area contributed by atoms with Crippen LogP contribution in [0.5, 0.6) is 5.75 Å². The van der Waals surface area contributed by atoms with E-state index in [1.165, 1.54) is 11.3 Å². The number of nitrogens with one attached hydrogen (secondary N) is 1. The molecule has 0 unspecified atom stereocenters. The Bertz CT molecular complexity index is 1030. The Hall–Kier alpha value is -1.89. The molecule has 4 nitrogen and oxygen atoms in total. The normalized spacial score (nSPS) is 11.4. The van der Waals surface area contributed by atoms with Gasteiger partial charge in [0.15, 0.2) is 11.7 Å². The summed E-state index contributed by atoms with van der Waals surface area (Å²) in [5, 5.41) is 4.06. The first kappa shape index (κ1) is 21.8. The fraction of sp³-hybridized carbons (Fsp3) is 0.273. The fourth-order valence-electron chi connectivity index (χ4n) is 2.84. The van der Waals surface area contributed by atoms with Crippen LogP contribution in [0.4, 0.5) is 5.13 Å². The number of halogens is 2. The number of hydrogen-bond donors (Lipinski definition) is 1. The van der Waals surface area contributed by atoms with Crippen molar-refractivity contribution in [1.29, 1.82) is 0 Å². The summed E-state index contributed by atoms with van der Waals surface area (Å²) < 4.78 is 6.80. The summed E-state index contributed by atoms with van der Waals surface area (Å²) in [6, 6.07) is 13.3. The molecule has 1 aromatic heterocycles. The molecule has 2 aromatic carbocycles. The minimum Gasteiger partial charge on any atom is -0.483 e. The van der Waals surface area contributed by atoms with Crippen molar-refractivity contribution in [2.75, 3.05) is 11.9 Å². The van der Waals surface area contributed by atoms with Gasteiger partial charge in [-0.15, -0.1) is 11.3 Å². The summed E-state index contributed by atoms with van der Waals surface area (Å²) in [5.74, 6) is 0.456. The number of ether oxygens (including phenoxy) is 1. The summed E-state index contributed by atoms with van der Waals surface area (Å²) in [6.07, 6.45) is 0. The second kappa shape index (κ2) is 8.86. The third-order valence-corrected chi connectivity index (χ3v) is 5.90. The Kier molecular flexibility index (Phi) is 6.66. The maximum absolute atomic E-state index is 12.4. The summed E-state index contributed by atoms with van der Waals surface area (Å²) in [6.45, 7) is 8.22. The van der Waals surface area contributed by atoms with Crippen LogP contribution in [0.25, 0.3) is 11.3 Å². The van der Waals surface area contributed by atoms with Crippen molar-refractivity contribution in [3.8, 4) is 17.0 Å². The lowest BCUT2D eigenvalue weighted by molar-refractivity contribution is -0.118. The number of carbonyl (C=O) groups excluding carboxylic acids is 1. The van der Waals surface area contributed by atoms with Gasteiger partial charge in [-0.1, -0.05) is 60.4 Å². The number of anilines is 1. The predicted molar refractivity (Wildman–Crippen MR) is 124 cm³/mol. The van der Waals surface area contributed by atoms with Crippen LogP contribution < -0.4 is 10.1 Å². The van der Waals surface area contributed by atoms with Crippen LogP contribution in [0.1, 0.15) is 31.2 Å². The third-order valence-electron chi connectivity index (χ3n) is 4.27. The first-order valence-electron chi connectivity index (χ1n) is 9.09. The van der Waals surface area contributed by atoms with Gasteiger partial charge in [-0.2, -0.15) is 0 Å². The smallest absolute Gasteiger partial charge is 0.264 e. The molecule has 7 heteroatoms. The van der Waals surface area contributed by atoms with Crippen LogP contribution in [-0.4, -0.2) is 17.5 Å². The van der Waals surface area contributed by atoms with E-state index < -0.39 is 0 Å². The number of aryl methyl sites for hydroxylation is 1. The number of rotatable bonds is 5. The number of hydrogen-bond acceptors (Lipinski definition) is 4. The van der Waals surface area contributed by atoms with E-state index in [-0.39, 0.29) is 17.9 Å². The van der Waals surface area contributed by atoms with Gasteiger partial charge in [0.1, 0.15) is 5.75 Å². The lowest BCUT2D eigenvalue weighted by atomic mass is 9.86. The first-order chi connectivity index (χ1) is 13.6. The van der Waals surface area contributed by atoms with Crippen molar-refractivity contribution in [2.24, 2.45) is 0 Å². The molecule has 0 aliphatic carbocycles. The molecule has 0 aliphatic rings. The number of amides is 1. The molecule has 0 bridgehead atoms. The van der Waals surface area contributed by atoms with E-state index in [4.69, 9.17) is 16.3 Å². The van der Waals surface area contributed by atoms with Crippen molar-refractivity contribution < 1.29 is 9.53 Å². The second-order valence-electron chi connectivity index (χ2n) is 7.66. The van der Waals surface area contributed by atoms with Gasteiger partial charge in [0.2, 0.25) is 0 Å². The molecule has 0 radical (unpaired) electrons. The Morgan fingerprint density at radius 2 is 1.90 bits per heavy atom. The highest BCUT2D eigenvalue weighted by atomic mass is 79.9. The third kappa shape index (κ3) is 5.59. The van der Waals surface area contributed by atoms with Crippen molar-refractivity contribution in [3.63, 3.8) is 0 Å². The van der Waals surface area contributed by atoms with Crippen LogP contribution >= 0.6 is 38.9 Å². The zero-order chi connectivity index (χ0) is 21.2. The number of carbonyl (C=O) groups is 1. The molecular weight excluding hydrogens is 472 g/mol. The SMILES string of the molecule is Cc1sc(NC(=O)COc2ccc(Br)cc2C(C)(C)C)nc1-c1ccc(Cl)cc1. The summed E-state index contributed by atoms with van der Waals surface area (Å²) in [4.78, 5) is 18.0. The maximum atomic E-state index is 12.4. The monoisotopic (exact) mass is 492 g/mol. The highest BCUT2D eigenvalue weighted by Crippen LogP contribution is 2.34. The van der Waals surface area contributed by atoms with Crippen LogP contribution in [0.15, 0.2) is 46.9 Å². The largest absolute Gasteiger partial charge is 0.483 e. The van der Waals surface area contributed by atoms with Gasteiger partial charge in [0.05, 0.1) is 5.69 Å². The molecule has 3 rings (SSSR count). The Balaban J connectivity index is 1.68. The fourth-order valence-corrected chi connectivity index (χ4v) is 4.18. The van der Waals surface area contributed by atoms with E-state index in [0.29, 0.717) is 15.9 Å². The molecular formula is C22H22BrClN2O2S. The van der Waals surface area contributed by atoms with Gasteiger partial charge in [0, 0.05) is 25.5 Å². The van der Waals surface area contributed by atoms with Crippen molar-refractivity contribution in [2.45, 2.75) is 33.1 Å². The molecule has 1 amide bonds. The van der Waals surface area contributed by atoms with E-state index in [1.807, 2.05) is 49.4 Å². The molecule has 152 valence electrons. The average molecular weight is 494 g/mol. The molecule has 0 spiro atoms. The Morgan fingerprint density at radius 3 is 2.55 bits per heavy atom. The zero-order valence-corrected chi connectivity index (χ0v) is 19.8. The molecule has 0 atom stereocenters. The van der Waals surface area contributed by atoms with Crippen LogP contribution in [0.3, 0.4) is 0 Å². The van der Waals surface area contributed by atoms with Gasteiger partial charge in [-0.3, -0.25) is 10.1 Å². The topological polar surface area (TPSA) is 51.2 Å². The van der Waals surface area contributed by atoms with Gasteiger partial charge in [-0.05, 0) is 42.7 Å². The molecule has 0 saturated carbocycles. The minimum atomic E-state index is -0.246. The van der Waals surface area contributed by atoms with Gasteiger partial charge < -0.3 is 4.74 Å². The van der Waals surface area contributed by atoms with E-state index in [1.54, 1.807) is 0 Å². The summed E-state index contributed by atoms with van der Waals surface area (Å²) in [7, 11) is 0. The molecule has 3 aromatic rings. The molecule has 1 heterocycles. The van der Waals surface area contributed by atoms with Gasteiger partial charge in [0.25, 0.3) is 5.91 Å². The summed E-state index contributed by atoms with van der Waals surface area (Å²) in [5.41, 5.74) is 2.74. The highest BCUT2D eigenvalue weighted by molar-refractivity contribution is 9.10. The van der Waals surface area contributed by atoms with Gasteiger partial charge >= 0.3 is 0 Å². The first-order valence-corrected chi connectivity index (χ1v) is 11.1. The number of thiazole rings is 1. The Labute approximate surface area is 188 Å². The van der Waals surface area contributed by atoms with E-state index in [2.05, 4.69) is 47.0 Å². The number of nitrogens with zero attached hydrogens (tertiary/aromatic N) is 1. The second-order valence-corrected chi connectivity index (χ2v) is 10.2. The molecule has 0 aliphatic heterocycles. The van der Waals surface area contributed by atoms with E-state index in [9.17, 15) is 4.79 Å². The molecule has 1 N–H and O–H groups in total. The molecule has 0 saturated heterocycles. The lowest BCUT2D eigenvalue weighted by Gasteiger charge is -2.23. The van der Waals surface area contributed by atoms with E-state index >= 15 is 0 Å². The van der Waals surface area contributed by atoms with Crippen LogP contribution in [-0.2, 0) is 10.2 Å². The van der Waals surface area contributed by atoms with Crippen molar-refractivity contribution in [3.05, 3.63) is 62.4 Å². The zero-order valence-electron chi connectivity index (χ0n) is 16.7. The lowest BCUT2D eigenvalue weighted by Crippen LogP contribution is -2.22. The standard InChI is InChI=1S/C22H22BrClN2O2S/c1-13-20(14-5-8-16(24)9-6-14)26-21(29-13)25-19(27)12-28-18-10-7-15(23)11-17(18)22(2,3)4/h5-11H,12H2,1-4H3,(H,25,26,27). The summed E-state index contributed by atoms with van der Waals surface area (Å²) >= 11 is 10.9.